The molecule has 2 aromatic carbocycles. The Kier molecular flexibility index (Phi) is 4.82. The summed E-state index contributed by atoms with van der Waals surface area (Å²) < 4.78 is 43.6. The maximum absolute atomic E-state index is 12.8. The van der Waals surface area contributed by atoms with Crippen LogP contribution in [0.15, 0.2) is 36.4 Å². The maximum Gasteiger partial charge on any atom is 0.416 e. The van der Waals surface area contributed by atoms with Gasteiger partial charge in [-0.3, -0.25) is 9.59 Å². The van der Waals surface area contributed by atoms with Crippen LogP contribution >= 0.6 is 0 Å². The van der Waals surface area contributed by atoms with Crippen LogP contribution in [0.3, 0.4) is 0 Å². The highest BCUT2D eigenvalue weighted by atomic mass is 19.4. The highest BCUT2D eigenvalue weighted by molar-refractivity contribution is 6.00. The molecule has 0 unspecified atom stereocenters. The minimum absolute atomic E-state index is 0.166. The molecule has 0 fully saturated rings. The number of nitrogens with zero attached hydrogens (tertiary/aromatic N) is 1. The van der Waals surface area contributed by atoms with E-state index in [-0.39, 0.29) is 12.3 Å². The number of hydrogen-bond donors (Lipinski definition) is 1. The van der Waals surface area contributed by atoms with E-state index >= 15 is 0 Å². The molecule has 142 valence electrons. The molecule has 3 rings (SSSR count). The van der Waals surface area contributed by atoms with Crippen LogP contribution in [0.2, 0.25) is 0 Å². The SMILES string of the molecule is COc1cc2c(cc1-c1ccc(C(F)(F)F)cc1)CCC(=O)N2CC(=O)O. The Hall–Kier alpha value is -3.03. The number of aliphatic carboxylic acids is 1. The van der Waals surface area contributed by atoms with E-state index in [1.807, 2.05) is 0 Å². The van der Waals surface area contributed by atoms with Gasteiger partial charge in [0, 0.05) is 18.1 Å². The molecule has 27 heavy (non-hydrogen) atoms. The zero-order valence-corrected chi connectivity index (χ0v) is 14.3. The van der Waals surface area contributed by atoms with Crippen molar-refractivity contribution in [2.75, 3.05) is 18.6 Å². The number of methoxy groups -OCH3 is 1. The molecule has 0 aromatic heterocycles. The van der Waals surface area contributed by atoms with Gasteiger partial charge in [0.25, 0.3) is 0 Å². The van der Waals surface area contributed by atoms with Crippen molar-refractivity contribution in [1.29, 1.82) is 0 Å². The van der Waals surface area contributed by atoms with Gasteiger partial charge in [-0.2, -0.15) is 13.2 Å². The number of halogens is 3. The third-order valence-electron chi connectivity index (χ3n) is 4.42. The number of fused-ring (bicyclic) bond motifs is 1. The summed E-state index contributed by atoms with van der Waals surface area (Å²) in [6.45, 7) is -0.464. The lowest BCUT2D eigenvalue weighted by Gasteiger charge is -2.29. The summed E-state index contributed by atoms with van der Waals surface area (Å²) in [6, 6.07) is 8.00. The van der Waals surface area contributed by atoms with Crippen LogP contribution in [0.25, 0.3) is 11.1 Å². The van der Waals surface area contributed by atoms with E-state index in [1.165, 1.54) is 24.1 Å². The Morgan fingerprint density at radius 1 is 1.19 bits per heavy atom. The van der Waals surface area contributed by atoms with Crippen LogP contribution < -0.4 is 9.64 Å². The molecule has 0 radical (unpaired) electrons. The van der Waals surface area contributed by atoms with E-state index < -0.39 is 24.3 Å². The molecule has 1 amide bonds. The van der Waals surface area contributed by atoms with Crippen LogP contribution in [0.1, 0.15) is 17.5 Å². The summed E-state index contributed by atoms with van der Waals surface area (Å²) in [6.07, 6.45) is -3.84. The number of amides is 1. The molecule has 8 heteroatoms. The standard InChI is InChI=1S/C19H16F3NO4/c1-27-16-9-15-12(4-7-17(24)23(15)10-18(25)26)8-14(16)11-2-5-13(6-3-11)19(20,21)22/h2-3,5-6,8-9H,4,7,10H2,1H3,(H,25,26). The molecular formula is C19H16F3NO4. The van der Waals surface area contributed by atoms with Crippen molar-refractivity contribution in [2.45, 2.75) is 19.0 Å². The first-order valence-corrected chi connectivity index (χ1v) is 8.11. The van der Waals surface area contributed by atoms with Gasteiger partial charge in [-0.05, 0) is 35.7 Å². The van der Waals surface area contributed by atoms with Crippen molar-refractivity contribution in [3.8, 4) is 16.9 Å². The average molecular weight is 379 g/mol. The topological polar surface area (TPSA) is 66.8 Å². The van der Waals surface area contributed by atoms with Gasteiger partial charge in [0.1, 0.15) is 12.3 Å². The molecule has 2 aromatic rings. The fourth-order valence-corrected chi connectivity index (χ4v) is 3.12. The van der Waals surface area contributed by atoms with Gasteiger partial charge in [-0.1, -0.05) is 12.1 Å². The molecule has 0 aliphatic carbocycles. The van der Waals surface area contributed by atoms with Crippen LogP contribution in [0, 0.1) is 0 Å². The predicted molar refractivity (Wildman–Crippen MR) is 91.7 cm³/mol. The molecule has 1 aliphatic heterocycles. The van der Waals surface area contributed by atoms with Gasteiger partial charge in [0.2, 0.25) is 5.91 Å². The summed E-state index contributed by atoms with van der Waals surface area (Å²) in [4.78, 5) is 24.3. The van der Waals surface area contributed by atoms with Gasteiger partial charge >= 0.3 is 12.1 Å². The van der Waals surface area contributed by atoms with Gasteiger partial charge in [0.05, 0.1) is 18.4 Å². The Labute approximate surface area is 153 Å². The second-order valence-electron chi connectivity index (χ2n) is 6.13. The third-order valence-corrected chi connectivity index (χ3v) is 4.42. The number of anilines is 1. The first-order valence-electron chi connectivity index (χ1n) is 8.11. The van der Waals surface area contributed by atoms with Crippen LogP contribution in [0.5, 0.6) is 5.75 Å². The zero-order valence-electron chi connectivity index (χ0n) is 14.3. The van der Waals surface area contributed by atoms with E-state index in [9.17, 15) is 22.8 Å². The smallest absolute Gasteiger partial charge is 0.416 e. The largest absolute Gasteiger partial charge is 0.496 e. The van der Waals surface area contributed by atoms with Crippen molar-refractivity contribution >= 4 is 17.6 Å². The Bertz CT molecular complexity index is 891. The number of aryl methyl sites for hydroxylation is 1. The number of carbonyl (C=O) groups is 2. The zero-order chi connectivity index (χ0) is 19.8. The van der Waals surface area contributed by atoms with Crippen molar-refractivity contribution < 1.29 is 32.6 Å². The van der Waals surface area contributed by atoms with Crippen molar-refractivity contribution in [3.63, 3.8) is 0 Å². The highest BCUT2D eigenvalue weighted by Gasteiger charge is 2.31. The maximum atomic E-state index is 12.8. The Balaban J connectivity index is 2.06. The first kappa shape index (κ1) is 18.8. The lowest BCUT2D eigenvalue weighted by atomic mass is 9.94. The lowest BCUT2D eigenvalue weighted by Crippen LogP contribution is -2.39. The molecule has 0 saturated carbocycles. The van der Waals surface area contributed by atoms with Gasteiger partial charge < -0.3 is 14.7 Å². The fraction of sp³-hybridized carbons (Fsp3) is 0.263. The molecule has 1 aliphatic rings. The molecule has 0 bridgehead atoms. The number of rotatable bonds is 4. The number of hydrogen-bond acceptors (Lipinski definition) is 3. The molecule has 1 heterocycles. The molecule has 0 saturated heterocycles. The van der Waals surface area contributed by atoms with Crippen molar-refractivity contribution in [2.24, 2.45) is 0 Å². The van der Waals surface area contributed by atoms with E-state index in [2.05, 4.69) is 0 Å². The number of ether oxygens (including phenoxy) is 1. The molecule has 5 nitrogen and oxygen atoms in total. The minimum atomic E-state index is -4.42. The van der Waals surface area contributed by atoms with E-state index in [0.717, 1.165) is 17.7 Å². The number of alkyl halides is 3. The van der Waals surface area contributed by atoms with E-state index in [1.54, 1.807) is 12.1 Å². The summed E-state index contributed by atoms with van der Waals surface area (Å²) in [5.74, 6) is -1.09. The number of carboxylic acids is 1. The quantitative estimate of drug-likeness (QED) is 0.879. The van der Waals surface area contributed by atoms with Crippen molar-refractivity contribution in [3.05, 3.63) is 47.5 Å². The summed E-state index contributed by atoms with van der Waals surface area (Å²) in [5.41, 5.74) is 1.55. The summed E-state index contributed by atoms with van der Waals surface area (Å²) >= 11 is 0. The second-order valence-corrected chi connectivity index (χ2v) is 6.13. The normalized spacial score (nSPS) is 14.1. The molecule has 1 N–H and O–H groups in total. The monoisotopic (exact) mass is 379 g/mol. The van der Waals surface area contributed by atoms with Crippen LogP contribution in [0.4, 0.5) is 18.9 Å². The van der Waals surface area contributed by atoms with Gasteiger partial charge in [-0.15, -0.1) is 0 Å². The molecule has 0 atom stereocenters. The lowest BCUT2D eigenvalue weighted by molar-refractivity contribution is -0.138. The molecular weight excluding hydrogens is 363 g/mol. The predicted octanol–water partition coefficient (Wildman–Crippen LogP) is 3.74. The average Bonchev–Trinajstić information content (AvgIpc) is 2.62. The third kappa shape index (κ3) is 3.74. The number of carboxylic acid groups (broad SMARTS) is 1. The van der Waals surface area contributed by atoms with E-state index in [0.29, 0.717) is 29.0 Å². The second kappa shape index (κ2) is 6.94. The minimum Gasteiger partial charge on any atom is -0.496 e. The van der Waals surface area contributed by atoms with Crippen molar-refractivity contribution in [1.82, 2.24) is 0 Å². The first-order chi connectivity index (χ1) is 12.7. The summed E-state index contributed by atoms with van der Waals surface area (Å²) in [5, 5.41) is 9.04. The Morgan fingerprint density at radius 2 is 1.85 bits per heavy atom. The fourth-order valence-electron chi connectivity index (χ4n) is 3.12. The Morgan fingerprint density at radius 3 is 2.41 bits per heavy atom. The molecule has 0 spiro atoms. The summed E-state index contributed by atoms with van der Waals surface area (Å²) in [7, 11) is 1.40. The van der Waals surface area contributed by atoms with E-state index in [4.69, 9.17) is 9.84 Å². The van der Waals surface area contributed by atoms with Crippen LogP contribution in [-0.4, -0.2) is 30.6 Å². The number of carbonyl (C=O) groups excluding carboxylic acids is 1. The van der Waals surface area contributed by atoms with Crippen LogP contribution in [-0.2, 0) is 22.2 Å². The van der Waals surface area contributed by atoms with Gasteiger partial charge in [-0.25, -0.2) is 0 Å². The number of benzene rings is 2. The van der Waals surface area contributed by atoms with Gasteiger partial charge in [0.15, 0.2) is 0 Å². The highest BCUT2D eigenvalue weighted by Crippen LogP contribution is 2.40.